The Morgan fingerprint density at radius 3 is 2.67 bits per heavy atom. The zero-order chi connectivity index (χ0) is 13.0. The maximum absolute atomic E-state index is 8.79. The van der Waals surface area contributed by atoms with Gasteiger partial charge in [0.05, 0.1) is 17.3 Å². The highest BCUT2D eigenvalue weighted by Gasteiger charge is 2.03. The van der Waals surface area contributed by atoms with E-state index in [1.165, 1.54) is 0 Å². The number of nitrogens with two attached hydrogens (primary N) is 1. The molecule has 90 valence electrons. The van der Waals surface area contributed by atoms with Crippen molar-refractivity contribution in [2.75, 3.05) is 10.7 Å². The van der Waals surface area contributed by atoms with Crippen LogP contribution in [0.25, 0.3) is 0 Å². The lowest BCUT2D eigenvalue weighted by Crippen LogP contribution is -2.09. The quantitative estimate of drug-likeness (QED) is 0.599. The molecule has 1 heterocycles. The summed E-state index contributed by atoms with van der Waals surface area (Å²) in [6.45, 7) is 0. The summed E-state index contributed by atoms with van der Waals surface area (Å²) >= 11 is 3.40. The van der Waals surface area contributed by atoms with Gasteiger partial charge in [0.15, 0.2) is 0 Å². The lowest BCUT2D eigenvalue weighted by molar-refractivity contribution is 1.22. The molecule has 0 fully saturated rings. The van der Waals surface area contributed by atoms with Crippen LogP contribution in [0.4, 0.5) is 17.3 Å². The molecule has 0 atom stereocenters. The van der Waals surface area contributed by atoms with Crippen LogP contribution in [0.5, 0.6) is 0 Å². The first-order chi connectivity index (χ1) is 8.72. The maximum Gasteiger partial charge on any atom is 0.142 e. The molecule has 1 aromatic carbocycles. The number of nitrogens with zero attached hydrogens (tertiary/aromatic N) is 2. The van der Waals surface area contributed by atoms with Gasteiger partial charge in [-0.15, -0.1) is 0 Å². The summed E-state index contributed by atoms with van der Waals surface area (Å²) in [5.41, 5.74) is 3.90. The first-order valence-corrected chi connectivity index (χ1v) is 5.92. The van der Waals surface area contributed by atoms with E-state index in [9.17, 15) is 0 Å². The molecule has 2 aromatic rings. The van der Waals surface area contributed by atoms with Crippen LogP contribution in [0.15, 0.2) is 40.9 Å². The molecule has 6 heteroatoms. The molecule has 0 amide bonds. The van der Waals surface area contributed by atoms with Gasteiger partial charge in [0.2, 0.25) is 0 Å². The summed E-state index contributed by atoms with van der Waals surface area (Å²) in [5.74, 6) is 6.53. The molecular formula is C12H10BrN5. The second-order valence-electron chi connectivity index (χ2n) is 3.48. The number of nitriles is 1. The van der Waals surface area contributed by atoms with Crippen molar-refractivity contribution in [3.8, 4) is 6.07 Å². The van der Waals surface area contributed by atoms with Gasteiger partial charge >= 0.3 is 0 Å². The molecule has 5 nitrogen and oxygen atoms in total. The number of pyridine rings is 1. The molecule has 0 unspecified atom stereocenters. The van der Waals surface area contributed by atoms with Crippen LogP contribution < -0.4 is 16.6 Å². The zero-order valence-electron chi connectivity index (χ0n) is 9.31. The molecule has 0 saturated carbocycles. The third-order valence-electron chi connectivity index (χ3n) is 2.26. The molecule has 0 radical (unpaired) electrons. The smallest absolute Gasteiger partial charge is 0.142 e. The largest absolute Gasteiger partial charge is 0.339 e. The van der Waals surface area contributed by atoms with Crippen molar-refractivity contribution in [1.82, 2.24) is 4.98 Å². The van der Waals surface area contributed by atoms with E-state index in [1.807, 2.05) is 18.2 Å². The molecule has 4 N–H and O–H groups in total. The molecule has 0 saturated heterocycles. The first-order valence-electron chi connectivity index (χ1n) is 5.13. The van der Waals surface area contributed by atoms with Crippen LogP contribution in [0.1, 0.15) is 5.56 Å². The predicted octanol–water partition coefficient (Wildman–Crippen LogP) is 2.74. The second kappa shape index (κ2) is 5.49. The molecule has 0 aliphatic heterocycles. The maximum atomic E-state index is 8.79. The lowest BCUT2D eigenvalue weighted by Gasteiger charge is -2.09. The van der Waals surface area contributed by atoms with Crippen LogP contribution in [0.3, 0.4) is 0 Å². The van der Waals surface area contributed by atoms with E-state index in [2.05, 4.69) is 37.7 Å². The van der Waals surface area contributed by atoms with E-state index >= 15 is 0 Å². The summed E-state index contributed by atoms with van der Waals surface area (Å²) in [5, 5.41) is 11.9. The van der Waals surface area contributed by atoms with Crippen molar-refractivity contribution < 1.29 is 0 Å². The zero-order valence-corrected chi connectivity index (χ0v) is 10.9. The third kappa shape index (κ3) is 2.77. The highest BCUT2D eigenvalue weighted by atomic mass is 79.9. The first kappa shape index (κ1) is 12.4. The number of halogens is 1. The summed E-state index contributed by atoms with van der Waals surface area (Å²) in [4.78, 5) is 4.24. The summed E-state index contributed by atoms with van der Waals surface area (Å²) in [6, 6.07) is 12.8. The van der Waals surface area contributed by atoms with Gasteiger partial charge in [-0.05, 0) is 46.3 Å². The molecule has 18 heavy (non-hydrogen) atoms. The minimum absolute atomic E-state index is 0.574. The number of aromatic nitrogens is 1. The van der Waals surface area contributed by atoms with Gasteiger partial charge < -0.3 is 10.7 Å². The molecule has 0 bridgehead atoms. The van der Waals surface area contributed by atoms with Gasteiger partial charge in [-0.1, -0.05) is 6.07 Å². The van der Waals surface area contributed by atoms with Crippen LogP contribution in [-0.4, -0.2) is 4.98 Å². The topological polar surface area (TPSA) is 86.8 Å². The van der Waals surface area contributed by atoms with Gasteiger partial charge in [-0.2, -0.15) is 5.26 Å². The minimum atomic E-state index is 0.574. The summed E-state index contributed by atoms with van der Waals surface area (Å²) < 4.78 is 0.800. The molecular weight excluding hydrogens is 294 g/mol. The van der Waals surface area contributed by atoms with Crippen LogP contribution in [-0.2, 0) is 0 Å². The van der Waals surface area contributed by atoms with E-state index in [-0.39, 0.29) is 0 Å². The molecule has 0 aliphatic rings. The van der Waals surface area contributed by atoms with Crippen molar-refractivity contribution in [2.45, 2.75) is 0 Å². The fraction of sp³-hybridized carbons (Fsp3) is 0. The molecule has 2 rings (SSSR count). The Morgan fingerprint density at radius 1 is 1.22 bits per heavy atom. The molecule has 1 aromatic heterocycles. The lowest BCUT2D eigenvalue weighted by atomic mass is 10.2. The van der Waals surface area contributed by atoms with Gasteiger partial charge in [0, 0.05) is 4.47 Å². The van der Waals surface area contributed by atoms with Crippen LogP contribution in [0.2, 0.25) is 0 Å². The van der Waals surface area contributed by atoms with Crippen molar-refractivity contribution in [1.29, 1.82) is 5.26 Å². The summed E-state index contributed by atoms with van der Waals surface area (Å²) in [6.07, 6.45) is 0. The Balaban J connectivity index is 2.26. The van der Waals surface area contributed by atoms with Crippen molar-refractivity contribution in [2.24, 2.45) is 5.84 Å². The van der Waals surface area contributed by atoms with Crippen molar-refractivity contribution >= 4 is 33.3 Å². The van der Waals surface area contributed by atoms with Crippen LogP contribution >= 0.6 is 15.9 Å². The Hall–Kier alpha value is -2.10. The normalized spacial score (nSPS) is 9.61. The number of rotatable bonds is 3. The van der Waals surface area contributed by atoms with E-state index in [0.29, 0.717) is 17.2 Å². The number of anilines is 3. The van der Waals surface area contributed by atoms with E-state index in [0.717, 1.165) is 10.2 Å². The van der Waals surface area contributed by atoms with E-state index < -0.39 is 0 Å². The number of nitrogen functional groups attached to an aromatic ring is 1. The predicted molar refractivity (Wildman–Crippen MR) is 74.2 cm³/mol. The standard InChI is InChI=1S/C12H10BrN5/c13-9-6-8(7-14)4-5-10(9)16-11-2-1-3-12(17-11)18-15/h1-6H,15H2,(H2,16,17,18). The van der Waals surface area contributed by atoms with Crippen LogP contribution in [0, 0.1) is 11.3 Å². The van der Waals surface area contributed by atoms with E-state index in [1.54, 1.807) is 18.2 Å². The Kier molecular flexibility index (Phi) is 3.77. The number of hydrazine groups is 1. The Morgan fingerprint density at radius 2 is 2.00 bits per heavy atom. The second-order valence-corrected chi connectivity index (χ2v) is 4.34. The number of hydrogen-bond acceptors (Lipinski definition) is 5. The minimum Gasteiger partial charge on any atom is -0.339 e. The van der Waals surface area contributed by atoms with Crippen molar-refractivity contribution in [3.63, 3.8) is 0 Å². The highest BCUT2D eigenvalue weighted by molar-refractivity contribution is 9.10. The average molecular weight is 304 g/mol. The number of nitrogens with one attached hydrogen (secondary N) is 2. The van der Waals surface area contributed by atoms with Gasteiger partial charge in [0.25, 0.3) is 0 Å². The third-order valence-corrected chi connectivity index (χ3v) is 2.91. The fourth-order valence-corrected chi connectivity index (χ4v) is 1.89. The fourth-order valence-electron chi connectivity index (χ4n) is 1.41. The highest BCUT2D eigenvalue weighted by Crippen LogP contribution is 2.26. The average Bonchev–Trinajstić information content (AvgIpc) is 2.41. The van der Waals surface area contributed by atoms with E-state index in [4.69, 9.17) is 11.1 Å². The number of hydrogen-bond donors (Lipinski definition) is 3. The molecule has 0 aliphatic carbocycles. The van der Waals surface area contributed by atoms with Gasteiger partial charge in [-0.25, -0.2) is 10.8 Å². The monoisotopic (exact) mass is 303 g/mol. The van der Waals surface area contributed by atoms with Gasteiger partial charge in [-0.3, -0.25) is 0 Å². The van der Waals surface area contributed by atoms with Gasteiger partial charge in [0.1, 0.15) is 11.6 Å². The Labute approximate surface area is 113 Å². The van der Waals surface area contributed by atoms with Crippen molar-refractivity contribution in [3.05, 3.63) is 46.4 Å². The Bertz CT molecular complexity index is 606. The summed E-state index contributed by atoms with van der Waals surface area (Å²) in [7, 11) is 0. The number of benzene rings is 1. The SMILES string of the molecule is N#Cc1ccc(Nc2cccc(NN)n2)c(Br)c1. The molecule has 0 spiro atoms.